The van der Waals surface area contributed by atoms with Crippen LogP contribution in [0.1, 0.15) is 45.6 Å². The minimum absolute atomic E-state index is 0.116. The number of nitrogens with zero attached hydrogens (tertiary/aromatic N) is 7. The topological polar surface area (TPSA) is 166 Å². The summed E-state index contributed by atoms with van der Waals surface area (Å²) >= 11 is 0. The standard InChI is InChI=1S/2C8H11N5O/c1-4(2)13-3-10-5-6(13)11-8(9)12-7(5)14;1-4(2)13-7-6(11-12-13)8(14)10-5(3)9-7/h3-4H,1-2H3,(H3,9,11,12,14);4H,1-3H3,(H,9,10,14). The molecule has 148 valence electrons. The minimum atomic E-state index is -0.299. The van der Waals surface area contributed by atoms with Gasteiger partial charge in [0.1, 0.15) is 5.82 Å². The van der Waals surface area contributed by atoms with Gasteiger partial charge in [0.15, 0.2) is 22.3 Å². The molecule has 0 saturated carbocycles. The Kier molecular flexibility index (Phi) is 4.94. The van der Waals surface area contributed by atoms with Crippen LogP contribution in [0.2, 0.25) is 0 Å². The molecule has 0 aliphatic carbocycles. The van der Waals surface area contributed by atoms with Gasteiger partial charge in [-0.2, -0.15) is 4.98 Å². The molecule has 0 aliphatic rings. The molecule has 0 saturated heterocycles. The maximum atomic E-state index is 11.4. The highest BCUT2D eigenvalue weighted by molar-refractivity contribution is 5.70. The first-order valence-electron chi connectivity index (χ1n) is 8.73. The Hall–Kier alpha value is -3.57. The van der Waals surface area contributed by atoms with E-state index in [9.17, 15) is 9.59 Å². The number of aromatic nitrogens is 9. The molecule has 0 aromatic carbocycles. The van der Waals surface area contributed by atoms with Crippen LogP contribution in [0.4, 0.5) is 5.95 Å². The Bertz CT molecular complexity index is 1150. The average molecular weight is 386 g/mol. The fourth-order valence-electron chi connectivity index (χ4n) is 2.62. The first kappa shape index (κ1) is 19.2. The molecule has 4 heterocycles. The zero-order valence-electron chi connectivity index (χ0n) is 16.3. The quantitative estimate of drug-likeness (QED) is 0.452. The van der Waals surface area contributed by atoms with Gasteiger partial charge in [0.05, 0.1) is 12.4 Å². The number of anilines is 1. The molecule has 0 fully saturated rings. The number of H-pyrrole nitrogens is 2. The number of fused-ring (bicyclic) bond motifs is 2. The SMILES string of the molecule is CC(C)n1cnc2c(=O)[nH]c(N)nc21.Cc1nc2c(nnn2C(C)C)c(=O)[nH]1. The second-order valence-electron chi connectivity index (χ2n) is 6.82. The monoisotopic (exact) mass is 386 g/mol. The molecule has 4 aromatic heterocycles. The molecule has 0 radical (unpaired) electrons. The minimum Gasteiger partial charge on any atom is -0.369 e. The molecule has 0 spiro atoms. The molecule has 4 rings (SSSR count). The predicted molar refractivity (Wildman–Crippen MR) is 104 cm³/mol. The predicted octanol–water partition coefficient (Wildman–Crippen LogP) is 0.687. The van der Waals surface area contributed by atoms with E-state index in [1.54, 1.807) is 22.5 Å². The summed E-state index contributed by atoms with van der Waals surface area (Å²) in [5.41, 5.74) is 6.60. The van der Waals surface area contributed by atoms with Crippen molar-refractivity contribution in [2.45, 2.75) is 46.7 Å². The van der Waals surface area contributed by atoms with Crippen molar-refractivity contribution < 1.29 is 0 Å². The van der Waals surface area contributed by atoms with Gasteiger partial charge in [-0.1, -0.05) is 5.21 Å². The fraction of sp³-hybridized carbons (Fsp3) is 0.438. The third kappa shape index (κ3) is 3.48. The Balaban J connectivity index is 0.000000161. The molecule has 4 N–H and O–H groups in total. The molecule has 28 heavy (non-hydrogen) atoms. The van der Waals surface area contributed by atoms with Crippen LogP contribution in [-0.4, -0.2) is 44.5 Å². The van der Waals surface area contributed by atoms with Gasteiger partial charge in [0.25, 0.3) is 11.1 Å². The first-order chi connectivity index (χ1) is 13.2. The maximum Gasteiger partial charge on any atom is 0.281 e. The summed E-state index contributed by atoms with van der Waals surface area (Å²) in [7, 11) is 0. The zero-order chi connectivity index (χ0) is 20.6. The lowest BCUT2D eigenvalue weighted by Gasteiger charge is -2.06. The average Bonchev–Trinajstić information content (AvgIpc) is 3.19. The lowest BCUT2D eigenvalue weighted by Crippen LogP contribution is -2.12. The van der Waals surface area contributed by atoms with E-state index in [-0.39, 0.29) is 29.2 Å². The molecular formula is C16H22N10O2. The van der Waals surface area contributed by atoms with Gasteiger partial charge in [-0.15, -0.1) is 5.10 Å². The van der Waals surface area contributed by atoms with Crippen LogP contribution >= 0.6 is 0 Å². The first-order valence-corrected chi connectivity index (χ1v) is 8.73. The van der Waals surface area contributed by atoms with Crippen molar-refractivity contribution >= 4 is 28.3 Å². The van der Waals surface area contributed by atoms with Crippen LogP contribution in [0, 0.1) is 6.92 Å². The third-order valence-corrected chi connectivity index (χ3v) is 3.95. The van der Waals surface area contributed by atoms with Crippen LogP contribution in [0.3, 0.4) is 0 Å². The van der Waals surface area contributed by atoms with Crippen molar-refractivity contribution in [3.05, 3.63) is 32.9 Å². The van der Waals surface area contributed by atoms with Crippen LogP contribution in [0.15, 0.2) is 15.9 Å². The number of aromatic amines is 2. The summed E-state index contributed by atoms with van der Waals surface area (Å²) in [5.74, 6) is 0.691. The van der Waals surface area contributed by atoms with Gasteiger partial charge >= 0.3 is 0 Å². The van der Waals surface area contributed by atoms with Crippen LogP contribution in [0.25, 0.3) is 22.3 Å². The van der Waals surface area contributed by atoms with E-state index >= 15 is 0 Å². The van der Waals surface area contributed by atoms with Gasteiger partial charge in [-0.05, 0) is 34.6 Å². The van der Waals surface area contributed by atoms with Gasteiger partial charge in [0.2, 0.25) is 5.95 Å². The molecule has 12 heteroatoms. The summed E-state index contributed by atoms with van der Waals surface area (Å²) in [6.45, 7) is 9.64. The number of nitrogens with two attached hydrogens (primary N) is 1. The lowest BCUT2D eigenvalue weighted by atomic mass is 10.4. The van der Waals surface area contributed by atoms with Gasteiger partial charge in [-0.3, -0.25) is 14.6 Å². The number of hydrogen-bond donors (Lipinski definition) is 3. The Morgan fingerprint density at radius 3 is 2.29 bits per heavy atom. The second kappa shape index (κ2) is 7.21. The number of hydrogen-bond acceptors (Lipinski definition) is 8. The molecular weight excluding hydrogens is 364 g/mol. The molecule has 0 atom stereocenters. The van der Waals surface area contributed by atoms with Crippen LogP contribution < -0.4 is 16.9 Å². The summed E-state index contributed by atoms with van der Waals surface area (Å²) < 4.78 is 3.44. The van der Waals surface area contributed by atoms with E-state index in [0.717, 1.165) is 0 Å². The highest BCUT2D eigenvalue weighted by atomic mass is 16.1. The number of nitrogen functional groups attached to an aromatic ring is 1. The second-order valence-corrected chi connectivity index (χ2v) is 6.82. The summed E-state index contributed by atoms with van der Waals surface area (Å²) in [6, 6.07) is 0.349. The van der Waals surface area contributed by atoms with Crippen molar-refractivity contribution in [3.8, 4) is 0 Å². The van der Waals surface area contributed by atoms with E-state index in [4.69, 9.17) is 5.73 Å². The molecule has 0 unspecified atom stereocenters. The normalized spacial score (nSPS) is 11.4. The highest BCUT2D eigenvalue weighted by Crippen LogP contribution is 2.12. The molecule has 0 bridgehead atoms. The highest BCUT2D eigenvalue weighted by Gasteiger charge is 2.12. The van der Waals surface area contributed by atoms with E-state index in [0.29, 0.717) is 28.2 Å². The largest absolute Gasteiger partial charge is 0.369 e. The Morgan fingerprint density at radius 2 is 1.64 bits per heavy atom. The van der Waals surface area contributed by atoms with Crippen LogP contribution in [-0.2, 0) is 0 Å². The van der Waals surface area contributed by atoms with E-state index in [2.05, 4.69) is 35.2 Å². The summed E-state index contributed by atoms with van der Waals surface area (Å²) in [6.07, 6.45) is 1.59. The number of aryl methyl sites for hydroxylation is 1. The Morgan fingerprint density at radius 1 is 0.964 bits per heavy atom. The molecule has 0 amide bonds. The Labute approximate surface area is 158 Å². The fourth-order valence-corrected chi connectivity index (χ4v) is 2.62. The van der Waals surface area contributed by atoms with Gasteiger partial charge in [-0.25, -0.2) is 14.6 Å². The van der Waals surface area contributed by atoms with Crippen molar-refractivity contribution in [2.24, 2.45) is 0 Å². The van der Waals surface area contributed by atoms with E-state index in [1.807, 2.05) is 27.7 Å². The molecule has 0 aliphatic heterocycles. The number of imidazole rings is 1. The van der Waals surface area contributed by atoms with Crippen LogP contribution in [0.5, 0.6) is 0 Å². The lowest BCUT2D eigenvalue weighted by molar-refractivity contribution is 0.526. The third-order valence-electron chi connectivity index (χ3n) is 3.95. The van der Waals surface area contributed by atoms with Gasteiger partial charge in [0, 0.05) is 6.04 Å². The molecule has 4 aromatic rings. The summed E-state index contributed by atoms with van der Waals surface area (Å²) in [5, 5.41) is 7.67. The van der Waals surface area contributed by atoms with E-state index < -0.39 is 0 Å². The van der Waals surface area contributed by atoms with Gasteiger partial charge < -0.3 is 15.3 Å². The maximum absolute atomic E-state index is 11.4. The number of nitrogens with one attached hydrogen (secondary N) is 2. The van der Waals surface area contributed by atoms with Crippen molar-refractivity contribution in [1.29, 1.82) is 0 Å². The zero-order valence-corrected chi connectivity index (χ0v) is 16.3. The van der Waals surface area contributed by atoms with Crippen molar-refractivity contribution in [1.82, 2.24) is 44.5 Å². The van der Waals surface area contributed by atoms with E-state index in [1.165, 1.54) is 0 Å². The molecule has 12 nitrogen and oxygen atoms in total. The smallest absolute Gasteiger partial charge is 0.281 e. The number of rotatable bonds is 2. The van der Waals surface area contributed by atoms with Crippen molar-refractivity contribution in [2.75, 3.05) is 5.73 Å². The van der Waals surface area contributed by atoms with Crippen molar-refractivity contribution in [3.63, 3.8) is 0 Å². The summed E-state index contributed by atoms with van der Waals surface area (Å²) in [4.78, 5) is 40.0.